The molecule has 26 heavy (non-hydrogen) atoms. The zero-order chi connectivity index (χ0) is 19.4. The van der Waals surface area contributed by atoms with E-state index in [9.17, 15) is 9.90 Å². The minimum Gasteiger partial charge on any atom is -0.481 e. The number of hydrogen-bond donors (Lipinski definition) is 2. The van der Waals surface area contributed by atoms with Crippen molar-refractivity contribution in [2.45, 2.75) is 90.4 Å². The quantitative estimate of drug-likeness (QED) is 0.257. The molecule has 0 saturated carbocycles. The number of hydrogen-bond acceptors (Lipinski definition) is 3. The van der Waals surface area contributed by atoms with Gasteiger partial charge in [0, 0.05) is 0 Å². The van der Waals surface area contributed by atoms with Gasteiger partial charge in [-0.1, -0.05) is 56.2 Å². The van der Waals surface area contributed by atoms with Gasteiger partial charge < -0.3 is 14.9 Å². The summed E-state index contributed by atoms with van der Waals surface area (Å²) in [5.41, 5.74) is -0.744. The number of rotatable bonds is 14. The van der Waals surface area contributed by atoms with Crippen molar-refractivity contribution in [3.8, 4) is 0 Å². The summed E-state index contributed by atoms with van der Waals surface area (Å²) in [4.78, 5) is 11.1. The number of carboxylic acids is 1. The van der Waals surface area contributed by atoms with Gasteiger partial charge in [-0.15, -0.1) is 0 Å². The molecule has 1 fully saturated rings. The minimum atomic E-state index is -0.794. The van der Waals surface area contributed by atoms with E-state index in [4.69, 9.17) is 9.84 Å². The number of aliphatic hydroxyl groups is 1. The van der Waals surface area contributed by atoms with E-state index < -0.39 is 17.5 Å². The summed E-state index contributed by atoms with van der Waals surface area (Å²) in [6.45, 7) is 5.65. The third-order valence-electron chi connectivity index (χ3n) is 4.78. The van der Waals surface area contributed by atoms with Crippen molar-refractivity contribution in [2.75, 3.05) is 0 Å². The van der Waals surface area contributed by atoms with Crippen molar-refractivity contribution in [3.63, 3.8) is 0 Å². The van der Waals surface area contributed by atoms with Gasteiger partial charge in [0.15, 0.2) is 0 Å². The van der Waals surface area contributed by atoms with E-state index >= 15 is 0 Å². The summed E-state index contributed by atoms with van der Waals surface area (Å²) in [6.07, 6.45) is 19.6. The zero-order valence-corrected chi connectivity index (χ0v) is 16.6. The van der Waals surface area contributed by atoms with Crippen molar-refractivity contribution in [2.24, 2.45) is 5.41 Å². The fourth-order valence-electron chi connectivity index (χ4n) is 2.70. The molecule has 1 saturated heterocycles. The van der Waals surface area contributed by atoms with Gasteiger partial charge in [0.1, 0.15) is 12.2 Å². The maximum atomic E-state index is 11.1. The molecule has 148 valence electrons. The van der Waals surface area contributed by atoms with Gasteiger partial charge >= 0.3 is 5.97 Å². The molecule has 4 heteroatoms. The first kappa shape index (κ1) is 22.7. The van der Waals surface area contributed by atoms with E-state index in [1.54, 1.807) is 19.9 Å². The maximum absolute atomic E-state index is 11.1. The molecule has 1 aliphatic rings. The fraction of sp³-hybridized carbons (Fsp3) is 0.682. The van der Waals surface area contributed by atoms with E-state index in [-0.39, 0.29) is 12.2 Å². The van der Waals surface area contributed by atoms with Crippen LogP contribution in [-0.4, -0.2) is 34.5 Å². The second-order valence-electron chi connectivity index (χ2n) is 7.70. The molecule has 0 spiro atoms. The lowest BCUT2D eigenvalue weighted by Gasteiger charge is -2.17. The molecule has 0 aromatic heterocycles. The van der Waals surface area contributed by atoms with Crippen LogP contribution in [-0.2, 0) is 9.53 Å². The van der Waals surface area contributed by atoms with Crippen molar-refractivity contribution >= 4 is 5.97 Å². The fourth-order valence-corrected chi connectivity index (χ4v) is 2.70. The Morgan fingerprint density at radius 1 is 1.12 bits per heavy atom. The SMILES string of the molecule is CCCCC/C=C\C/C=C\C/C=C\C(O)C1OC1CCC(C)(C)C(=O)O. The Morgan fingerprint density at radius 3 is 2.42 bits per heavy atom. The van der Waals surface area contributed by atoms with Crippen LogP contribution in [0.5, 0.6) is 0 Å². The number of carboxylic acid groups (broad SMARTS) is 1. The molecule has 0 amide bonds. The number of ether oxygens (including phenoxy) is 1. The van der Waals surface area contributed by atoms with E-state index in [1.807, 2.05) is 6.08 Å². The van der Waals surface area contributed by atoms with Crippen LogP contribution in [0.4, 0.5) is 0 Å². The van der Waals surface area contributed by atoms with E-state index in [1.165, 1.54) is 25.7 Å². The largest absolute Gasteiger partial charge is 0.481 e. The highest BCUT2D eigenvalue weighted by atomic mass is 16.6. The van der Waals surface area contributed by atoms with Crippen LogP contribution in [0.2, 0.25) is 0 Å². The average Bonchev–Trinajstić information content (AvgIpc) is 3.37. The molecule has 3 unspecified atom stereocenters. The van der Waals surface area contributed by atoms with Gasteiger partial charge in [-0.3, -0.25) is 4.79 Å². The van der Waals surface area contributed by atoms with Crippen LogP contribution in [0.3, 0.4) is 0 Å². The smallest absolute Gasteiger partial charge is 0.309 e. The highest BCUT2D eigenvalue weighted by Crippen LogP contribution is 2.34. The second-order valence-corrected chi connectivity index (χ2v) is 7.70. The molecule has 1 aliphatic heterocycles. The zero-order valence-electron chi connectivity index (χ0n) is 16.6. The van der Waals surface area contributed by atoms with Crippen LogP contribution < -0.4 is 0 Å². The Bertz CT molecular complexity index is 490. The van der Waals surface area contributed by atoms with Gasteiger partial charge in [0.25, 0.3) is 0 Å². The third kappa shape index (κ3) is 9.35. The molecular formula is C22H36O4. The molecule has 1 heterocycles. The Kier molecular flexibility index (Phi) is 10.5. The minimum absolute atomic E-state index is 0.0262. The summed E-state index contributed by atoms with van der Waals surface area (Å²) in [7, 11) is 0. The van der Waals surface area contributed by atoms with Crippen LogP contribution in [0.15, 0.2) is 36.5 Å². The summed E-state index contributed by atoms with van der Waals surface area (Å²) >= 11 is 0. The number of unbranched alkanes of at least 4 members (excludes halogenated alkanes) is 3. The molecule has 3 atom stereocenters. The Balaban J connectivity index is 2.12. The Labute approximate surface area is 158 Å². The van der Waals surface area contributed by atoms with Crippen LogP contribution in [0.1, 0.15) is 72.1 Å². The number of epoxide rings is 1. The van der Waals surface area contributed by atoms with Crippen molar-refractivity contribution in [3.05, 3.63) is 36.5 Å². The Morgan fingerprint density at radius 2 is 1.77 bits per heavy atom. The van der Waals surface area contributed by atoms with Crippen molar-refractivity contribution < 1.29 is 19.7 Å². The number of aliphatic hydroxyl groups excluding tert-OH is 1. The van der Waals surface area contributed by atoms with Gasteiger partial charge in [0.2, 0.25) is 0 Å². The van der Waals surface area contributed by atoms with E-state index in [0.29, 0.717) is 12.8 Å². The number of allylic oxidation sites excluding steroid dienone is 5. The predicted octanol–water partition coefficient (Wildman–Crippen LogP) is 5.03. The summed E-state index contributed by atoms with van der Waals surface area (Å²) in [5, 5.41) is 19.2. The molecule has 4 nitrogen and oxygen atoms in total. The highest BCUT2D eigenvalue weighted by molar-refractivity contribution is 5.73. The average molecular weight is 365 g/mol. The van der Waals surface area contributed by atoms with Crippen molar-refractivity contribution in [1.29, 1.82) is 0 Å². The molecule has 2 N–H and O–H groups in total. The van der Waals surface area contributed by atoms with Gasteiger partial charge in [0.05, 0.1) is 11.5 Å². The molecule has 0 aromatic carbocycles. The lowest BCUT2D eigenvalue weighted by molar-refractivity contribution is -0.147. The van der Waals surface area contributed by atoms with Crippen molar-refractivity contribution in [1.82, 2.24) is 0 Å². The van der Waals surface area contributed by atoms with Crippen LogP contribution in [0.25, 0.3) is 0 Å². The highest BCUT2D eigenvalue weighted by Gasteiger charge is 2.44. The van der Waals surface area contributed by atoms with Gasteiger partial charge in [-0.2, -0.15) is 0 Å². The monoisotopic (exact) mass is 364 g/mol. The summed E-state index contributed by atoms with van der Waals surface area (Å²) in [5.74, 6) is -0.794. The molecule has 1 rings (SSSR count). The topological polar surface area (TPSA) is 70.1 Å². The second kappa shape index (κ2) is 12.1. The molecule has 0 aliphatic carbocycles. The van der Waals surface area contributed by atoms with Crippen LogP contribution >= 0.6 is 0 Å². The number of carbonyl (C=O) groups is 1. The molecular weight excluding hydrogens is 328 g/mol. The Hall–Kier alpha value is -1.39. The van der Waals surface area contributed by atoms with Crippen LogP contribution in [0, 0.1) is 5.41 Å². The van der Waals surface area contributed by atoms with E-state index in [2.05, 4.69) is 31.2 Å². The first-order valence-electron chi connectivity index (χ1n) is 9.92. The molecule has 0 radical (unpaired) electrons. The summed E-state index contributed by atoms with van der Waals surface area (Å²) in [6, 6.07) is 0. The summed E-state index contributed by atoms with van der Waals surface area (Å²) < 4.78 is 5.48. The lowest BCUT2D eigenvalue weighted by atomic mass is 9.87. The van der Waals surface area contributed by atoms with Gasteiger partial charge in [-0.25, -0.2) is 0 Å². The van der Waals surface area contributed by atoms with Gasteiger partial charge in [-0.05, 0) is 52.4 Å². The predicted molar refractivity (Wildman–Crippen MR) is 106 cm³/mol. The third-order valence-corrected chi connectivity index (χ3v) is 4.78. The lowest BCUT2D eigenvalue weighted by Crippen LogP contribution is -2.24. The first-order valence-corrected chi connectivity index (χ1v) is 9.92. The normalized spacial score (nSPS) is 21.8. The maximum Gasteiger partial charge on any atom is 0.309 e. The number of aliphatic carboxylic acids is 1. The first-order chi connectivity index (χ1) is 12.4. The molecule has 0 bridgehead atoms. The standard InChI is InChI=1S/C22H36O4/c1-4-5-6-7-8-9-10-11-12-13-14-15-18(23)20-19(26-20)16-17-22(2,3)21(24)25/h8-9,11-12,14-15,18-20,23H,4-7,10,13,16-17H2,1-3H3,(H,24,25)/b9-8-,12-11-,15-14-. The van der Waals surface area contributed by atoms with E-state index in [0.717, 1.165) is 12.8 Å². The molecule has 0 aromatic rings.